The van der Waals surface area contributed by atoms with Crippen LogP contribution in [0.1, 0.15) is 11.4 Å². The Morgan fingerprint density at radius 2 is 1.85 bits per heavy atom. The average Bonchev–Trinajstić information content (AvgIpc) is 3.13. The van der Waals surface area contributed by atoms with Gasteiger partial charge in [0.15, 0.2) is 0 Å². The molecule has 0 bridgehead atoms. The number of rotatable bonds is 8. The Morgan fingerprint density at radius 1 is 1.07 bits per heavy atom. The Morgan fingerprint density at radius 3 is 2.59 bits per heavy atom. The Bertz CT molecular complexity index is 1010. The maximum atomic E-state index is 12.2. The Labute approximate surface area is 163 Å². The van der Waals surface area contributed by atoms with Crippen LogP contribution >= 0.6 is 11.6 Å². The molecule has 0 spiro atoms. The third kappa shape index (κ3) is 5.78. The van der Waals surface area contributed by atoms with Crippen LogP contribution in [0.4, 0.5) is 5.82 Å². The molecule has 27 heavy (non-hydrogen) atoms. The first-order chi connectivity index (χ1) is 12.9. The quantitative estimate of drug-likeness (QED) is 0.562. The van der Waals surface area contributed by atoms with Crippen molar-refractivity contribution in [3.05, 3.63) is 71.3 Å². The van der Waals surface area contributed by atoms with E-state index in [0.717, 1.165) is 5.82 Å². The van der Waals surface area contributed by atoms with E-state index >= 15 is 0 Å². The van der Waals surface area contributed by atoms with Crippen molar-refractivity contribution < 1.29 is 8.42 Å². The second-order valence-corrected chi connectivity index (χ2v) is 8.20. The van der Waals surface area contributed by atoms with Gasteiger partial charge < -0.3 is 9.88 Å². The van der Waals surface area contributed by atoms with E-state index in [1.807, 2.05) is 42.1 Å². The van der Waals surface area contributed by atoms with E-state index in [9.17, 15) is 8.42 Å². The van der Waals surface area contributed by atoms with Gasteiger partial charge >= 0.3 is 0 Å². The molecule has 3 rings (SSSR count). The number of nitrogens with zero attached hydrogens (tertiary/aromatic N) is 3. The van der Waals surface area contributed by atoms with Crippen molar-refractivity contribution >= 4 is 27.4 Å². The third-order valence-electron chi connectivity index (χ3n) is 3.69. The zero-order valence-corrected chi connectivity index (χ0v) is 16.3. The number of halogens is 1. The number of benzene rings is 1. The maximum Gasteiger partial charge on any atom is 0.215 e. The van der Waals surface area contributed by atoms with Crippen LogP contribution in [0.25, 0.3) is 5.82 Å². The predicted molar refractivity (Wildman–Crippen MR) is 107 cm³/mol. The number of sulfonamides is 1. The number of hydrogen-bond acceptors (Lipinski definition) is 5. The van der Waals surface area contributed by atoms with Crippen LogP contribution in [0, 0.1) is 6.92 Å². The van der Waals surface area contributed by atoms with Gasteiger partial charge in [0, 0.05) is 36.6 Å². The van der Waals surface area contributed by atoms with Gasteiger partial charge in [-0.3, -0.25) is 0 Å². The summed E-state index contributed by atoms with van der Waals surface area (Å²) in [5.41, 5.74) is 0.644. The molecule has 3 aromatic rings. The van der Waals surface area contributed by atoms with Crippen molar-refractivity contribution in [2.45, 2.75) is 12.7 Å². The Hall–Kier alpha value is -2.42. The molecule has 1 aromatic carbocycles. The summed E-state index contributed by atoms with van der Waals surface area (Å²) in [7, 11) is -3.44. The van der Waals surface area contributed by atoms with E-state index in [0.29, 0.717) is 28.8 Å². The second kappa shape index (κ2) is 8.51. The minimum Gasteiger partial charge on any atom is -0.369 e. The topological polar surface area (TPSA) is 88.9 Å². The summed E-state index contributed by atoms with van der Waals surface area (Å²) in [6, 6.07) is 12.5. The molecule has 0 atom stereocenters. The van der Waals surface area contributed by atoms with E-state index in [1.54, 1.807) is 24.3 Å². The normalized spacial score (nSPS) is 11.5. The van der Waals surface area contributed by atoms with Crippen LogP contribution < -0.4 is 10.0 Å². The van der Waals surface area contributed by atoms with Crippen LogP contribution in [-0.4, -0.2) is 36.0 Å². The van der Waals surface area contributed by atoms with E-state index in [4.69, 9.17) is 11.6 Å². The minimum atomic E-state index is -3.44. The van der Waals surface area contributed by atoms with Crippen LogP contribution in [0.2, 0.25) is 5.02 Å². The van der Waals surface area contributed by atoms with Crippen molar-refractivity contribution in [2.75, 3.05) is 18.4 Å². The molecule has 2 aromatic heterocycles. The molecule has 0 fully saturated rings. The van der Waals surface area contributed by atoms with Gasteiger partial charge in [0.05, 0.1) is 5.75 Å². The lowest BCUT2D eigenvalue weighted by Gasteiger charge is -2.10. The molecule has 2 N–H and O–H groups in total. The lowest BCUT2D eigenvalue weighted by atomic mass is 10.2. The zero-order valence-electron chi connectivity index (χ0n) is 14.8. The first-order valence-corrected chi connectivity index (χ1v) is 10.4. The Kier molecular flexibility index (Phi) is 6.10. The van der Waals surface area contributed by atoms with Crippen LogP contribution in [-0.2, 0) is 15.8 Å². The van der Waals surface area contributed by atoms with Crippen molar-refractivity contribution in [2.24, 2.45) is 0 Å². The monoisotopic (exact) mass is 405 g/mol. The molecule has 0 saturated heterocycles. The van der Waals surface area contributed by atoms with Crippen molar-refractivity contribution in [3.8, 4) is 5.82 Å². The average molecular weight is 406 g/mol. The van der Waals surface area contributed by atoms with Gasteiger partial charge in [-0.15, -0.1) is 0 Å². The Balaban J connectivity index is 1.54. The molecule has 7 nitrogen and oxygen atoms in total. The number of nitrogens with one attached hydrogen (secondary N) is 2. The van der Waals surface area contributed by atoms with Crippen molar-refractivity contribution in [1.29, 1.82) is 0 Å². The molecule has 0 aliphatic carbocycles. The summed E-state index contributed by atoms with van der Waals surface area (Å²) in [5.74, 6) is 1.90. The highest BCUT2D eigenvalue weighted by atomic mass is 35.5. The summed E-state index contributed by atoms with van der Waals surface area (Å²) >= 11 is 5.89. The molecular weight excluding hydrogens is 386 g/mol. The van der Waals surface area contributed by atoms with Gasteiger partial charge in [-0.1, -0.05) is 23.7 Å². The van der Waals surface area contributed by atoms with Gasteiger partial charge in [-0.05, 0) is 36.8 Å². The van der Waals surface area contributed by atoms with Crippen molar-refractivity contribution in [3.63, 3.8) is 0 Å². The molecule has 0 radical (unpaired) electrons. The second-order valence-electron chi connectivity index (χ2n) is 5.96. The lowest BCUT2D eigenvalue weighted by Crippen LogP contribution is -2.30. The standard InChI is InChI=1S/C18H20ClN5O2S/c1-14-22-17(12-18(23-14)24-9-2-3-10-24)20-7-8-21-27(25,26)13-15-5-4-6-16(19)11-15/h2-6,9-12,21H,7-8,13H2,1H3,(H,20,22,23). The molecule has 0 aliphatic heterocycles. The van der Waals surface area contributed by atoms with Crippen molar-refractivity contribution in [1.82, 2.24) is 19.3 Å². The number of hydrogen-bond donors (Lipinski definition) is 2. The highest BCUT2D eigenvalue weighted by molar-refractivity contribution is 7.88. The summed E-state index contributed by atoms with van der Waals surface area (Å²) in [4.78, 5) is 8.72. The van der Waals surface area contributed by atoms with E-state index in [1.165, 1.54) is 0 Å². The van der Waals surface area contributed by atoms with Gasteiger partial charge in [-0.2, -0.15) is 0 Å². The van der Waals surface area contributed by atoms with Gasteiger partial charge in [0.2, 0.25) is 10.0 Å². The van der Waals surface area contributed by atoms with Crippen LogP contribution in [0.5, 0.6) is 0 Å². The lowest BCUT2D eigenvalue weighted by molar-refractivity contribution is 0.582. The van der Waals surface area contributed by atoms with Gasteiger partial charge in [0.25, 0.3) is 0 Å². The molecule has 0 amide bonds. The fourth-order valence-electron chi connectivity index (χ4n) is 2.56. The summed E-state index contributed by atoms with van der Waals surface area (Å²) < 4.78 is 28.8. The molecule has 9 heteroatoms. The number of aryl methyl sites for hydroxylation is 1. The molecule has 142 valence electrons. The fraction of sp³-hybridized carbons (Fsp3) is 0.222. The zero-order chi connectivity index (χ0) is 19.3. The predicted octanol–water partition coefficient (Wildman–Crippen LogP) is 2.76. The smallest absolute Gasteiger partial charge is 0.215 e. The summed E-state index contributed by atoms with van der Waals surface area (Å²) in [6.45, 7) is 2.45. The van der Waals surface area contributed by atoms with E-state index in [-0.39, 0.29) is 12.3 Å². The highest BCUT2D eigenvalue weighted by Crippen LogP contribution is 2.13. The fourth-order valence-corrected chi connectivity index (χ4v) is 3.90. The summed E-state index contributed by atoms with van der Waals surface area (Å²) in [6.07, 6.45) is 3.80. The number of anilines is 1. The third-order valence-corrected chi connectivity index (χ3v) is 5.28. The molecule has 2 heterocycles. The number of aromatic nitrogens is 3. The molecule has 0 unspecified atom stereocenters. The molecule has 0 aliphatic rings. The SMILES string of the molecule is Cc1nc(NCCNS(=O)(=O)Cc2cccc(Cl)c2)cc(-n2cccc2)n1. The van der Waals surface area contributed by atoms with Crippen LogP contribution in [0.3, 0.4) is 0 Å². The minimum absolute atomic E-state index is 0.113. The summed E-state index contributed by atoms with van der Waals surface area (Å²) in [5, 5.41) is 3.64. The first-order valence-electron chi connectivity index (χ1n) is 8.36. The largest absolute Gasteiger partial charge is 0.369 e. The highest BCUT2D eigenvalue weighted by Gasteiger charge is 2.11. The van der Waals surface area contributed by atoms with E-state index in [2.05, 4.69) is 20.0 Å². The molecular formula is C18H20ClN5O2S. The van der Waals surface area contributed by atoms with Crippen LogP contribution in [0.15, 0.2) is 54.9 Å². The molecule has 0 saturated carbocycles. The van der Waals surface area contributed by atoms with Gasteiger partial charge in [0.1, 0.15) is 17.5 Å². The van der Waals surface area contributed by atoms with E-state index < -0.39 is 10.0 Å². The van der Waals surface area contributed by atoms with Gasteiger partial charge in [-0.25, -0.2) is 23.1 Å². The first kappa shape index (κ1) is 19.3. The maximum absolute atomic E-state index is 12.2.